The van der Waals surface area contributed by atoms with Crippen molar-refractivity contribution < 1.29 is 50.9 Å². The van der Waals surface area contributed by atoms with E-state index in [9.17, 15) is 46.1 Å². The van der Waals surface area contributed by atoms with Gasteiger partial charge in [0.1, 0.15) is 11.3 Å². The van der Waals surface area contributed by atoms with Gasteiger partial charge in [0.15, 0.2) is 5.01 Å². The van der Waals surface area contributed by atoms with Gasteiger partial charge in [-0.1, -0.05) is 35.3 Å². The van der Waals surface area contributed by atoms with Crippen LogP contribution in [0.1, 0.15) is 39.7 Å². The summed E-state index contributed by atoms with van der Waals surface area (Å²) in [5, 5.41) is 19.9. The molecule has 216 valence electrons. The molecule has 1 saturated heterocycles. The van der Waals surface area contributed by atoms with Crippen LogP contribution in [0.4, 0.5) is 26.3 Å². The van der Waals surface area contributed by atoms with Crippen molar-refractivity contribution in [1.29, 1.82) is 0 Å². The fourth-order valence-corrected chi connectivity index (χ4v) is 5.26. The number of carbonyl (C=O) groups is 2. The van der Waals surface area contributed by atoms with Gasteiger partial charge in [-0.2, -0.15) is 26.3 Å². The van der Waals surface area contributed by atoms with E-state index in [4.69, 9.17) is 27.9 Å². The zero-order valence-corrected chi connectivity index (χ0v) is 22.5. The van der Waals surface area contributed by atoms with Crippen molar-refractivity contribution in [3.05, 3.63) is 38.4 Å². The second-order valence-electron chi connectivity index (χ2n) is 8.57. The number of amides is 2. The number of nitrogens with one attached hydrogen (secondary N) is 1. The third kappa shape index (κ3) is 5.70. The van der Waals surface area contributed by atoms with Gasteiger partial charge in [-0.3, -0.25) is 9.59 Å². The molecule has 3 N–H and O–H groups in total. The number of carbonyl (C=O) groups excluding carboxylic acids is 2. The van der Waals surface area contributed by atoms with Crippen LogP contribution < -0.4 is 5.32 Å². The number of aliphatic hydroxyl groups is 2. The molecular formula is C22H21Cl2F6N3O5S. The molecular weight excluding hydrogens is 603 g/mol. The first-order chi connectivity index (χ1) is 17.9. The largest absolute Gasteiger partial charge is 0.430 e. The third-order valence-electron chi connectivity index (χ3n) is 5.93. The minimum absolute atomic E-state index is 0.0231. The molecule has 17 heteroatoms. The van der Waals surface area contributed by atoms with Crippen LogP contribution in [0.5, 0.6) is 0 Å². The number of rotatable bonds is 8. The Morgan fingerprint density at radius 2 is 1.67 bits per heavy atom. The first-order valence-corrected chi connectivity index (χ1v) is 12.7. The van der Waals surface area contributed by atoms with E-state index in [-0.39, 0.29) is 54.0 Å². The van der Waals surface area contributed by atoms with Crippen LogP contribution in [0, 0.1) is 0 Å². The quantitative estimate of drug-likeness (QED) is 0.376. The highest BCUT2D eigenvalue weighted by atomic mass is 35.5. The Hall–Kier alpha value is -2.17. The molecule has 1 aromatic carbocycles. The van der Waals surface area contributed by atoms with Crippen LogP contribution >= 0.6 is 34.5 Å². The molecule has 3 rings (SSSR count). The number of aromatic nitrogens is 1. The van der Waals surface area contributed by atoms with E-state index in [1.807, 2.05) is 0 Å². The van der Waals surface area contributed by atoms with Crippen molar-refractivity contribution in [2.75, 3.05) is 32.8 Å². The van der Waals surface area contributed by atoms with Crippen molar-refractivity contribution in [1.82, 2.24) is 15.2 Å². The predicted molar refractivity (Wildman–Crippen MR) is 129 cm³/mol. The molecule has 1 aromatic heterocycles. The Balaban J connectivity index is 2.14. The predicted octanol–water partition coefficient (Wildman–Crippen LogP) is 4.40. The van der Waals surface area contributed by atoms with Gasteiger partial charge >= 0.3 is 12.4 Å². The van der Waals surface area contributed by atoms with Crippen LogP contribution in [-0.4, -0.2) is 82.7 Å². The van der Waals surface area contributed by atoms with Gasteiger partial charge in [0.05, 0.1) is 34.7 Å². The molecule has 0 spiro atoms. The van der Waals surface area contributed by atoms with Crippen molar-refractivity contribution in [3.8, 4) is 10.4 Å². The molecule has 0 radical (unpaired) electrons. The summed E-state index contributed by atoms with van der Waals surface area (Å²) in [4.78, 5) is 31.1. The van der Waals surface area contributed by atoms with Crippen molar-refractivity contribution in [2.45, 2.75) is 37.4 Å². The van der Waals surface area contributed by atoms with E-state index in [0.29, 0.717) is 23.5 Å². The molecule has 1 fully saturated rings. The normalized spacial score (nSPS) is 15.6. The zero-order valence-electron chi connectivity index (χ0n) is 20.1. The molecule has 0 bridgehead atoms. The SMILES string of the molecule is CCN(CC)C(=O)c1nc(C(=O)NCC2(O)COC2)sc1-c1ccc(C(O)(C(F)(F)F)C(F)(F)F)c(Cl)c1Cl. The fraction of sp³-hybridized carbons (Fsp3) is 0.500. The van der Waals surface area contributed by atoms with Crippen LogP contribution in [0.15, 0.2) is 12.1 Å². The third-order valence-corrected chi connectivity index (χ3v) is 7.90. The number of halogens is 8. The highest BCUT2D eigenvalue weighted by Gasteiger charge is 2.72. The number of thiazole rings is 1. The lowest BCUT2D eigenvalue weighted by atomic mass is 9.91. The Kier molecular flexibility index (Phi) is 8.85. The lowest BCUT2D eigenvalue weighted by molar-refractivity contribution is -0.376. The second-order valence-corrected chi connectivity index (χ2v) is 10.3. The van der Waals surface area contributed by atoms with Crippen molar-refractivity contribution in [3.63, 3.8) is 0 Å². The summed E-state index contributed by atoms with van der Waals surface area (Å²) in [6, 6.07) is 1.01. The summed E-state index contributed by atoms with van der Waals surface area (Å²) < 4.78 is 85.5. The number of benzene rings is 1. The van der Waals surface area contributed by atoms with Gasteiger partial charge in [-0.25, -0.2) is 4.98 Å². The Morgan fingerprint density at radius 1 is 1.10 bits per heavy atom. The molecule has 2 heterocycles. The number of alkyl halides is 6. The van der Waals surface area contributed by atoms with E-state index in [1.54, 1.807) is 13.8 Å². The molecule has 39 heavy (non-hydrogen) atoms. The summed E-state index contributed by atoms with van der Waals surface area (Å²) in [7, 11) is 0. The number of ether oxygens (including phenoxy) is 1. The van der Waals surface area contributed by atoms with Gasteiger partial charge in [0.25, 0.3) is 17.4 Å². The topological polar surface area (TPSA) is 112 Å². The maximum absolute atomic E-state index is 13.4. The second kappa shape index (κ2) is 11.0. The maximum Gasteiger partial charge on any atom is 0.430 e. The Bertz CT molecular complexity index is 1250. The van der Waals surface area contributed by atoms with E-state index in [1.165, 1.54) is 4.90 Å². The van der Waals surface area contributed by atoms with Gasteiger partial charge in [-0.05, 0) is 13.8 Å². The minimum Gasteiger partial charge on any atom is -0.383 e. The van der Waals surface area contributed by atoms with E-state index < -0.39 is 51.0 Å². The average molecular weight is 624 g/mol. The number of nitrogens with zero attached hydrogens (tertiary/aromatic N) is 2. The van der Waals surface area contributed by atoms with Gasteiger partial charge in [-0.15, -0.1) is 11.3 Å². The lowest BCUT2D eigenvalue weighted by Crippen LogP contribution is -2.56. The molecule has 1 aliphatic rings. The molecule has 2 amide bonds. The first-order valence-electron chi connectivity index (χ1n) is 11.1. The highest BCUT2D eigenvalue weighted by Crippen LogP contribution is 2.54. The average Bonchev–Trinajstić information content (AvgIpc) is 3.27. The Labute approximate surface area is 231 Å². The molecule has 0 saturated carbocycles. The summed E-state index contributed by atoms with van der Waals surface area (Å²) in [5.41, 5.74) is -9.06. The molecule has 8 nitrogen and oxygen atoms in total. The lowest BCUT2D eigenvalue weighted by Gasteiger charge is -2.36. The highest BCUT2D eigenvalue weighted by molar-refractivity contribution is 7.17. The van der Waals surface area contributed by atoms with Gasteiger partial charge in [0.2, 0.25) is 0 Å². The number of hydrogen-bond acceptors (Lipinski definition) is 7. The van der Waals surface area contributed by atoms with Crippen LogP contribution in [0.2, 0.25) is 10.0 Å². The van der Waals surface area contributed by atoms with Crippen LogP contribution in [0.3, 0.4) is 0 Å². The zero-order chi connectivity index (χ0) is 29.6. The Morgan fingerprint density at radius 3 is 2.13 bits per heavy atom. The standard InChI is InChI=1S/C22H21Cl2F6N3O5S/c1-3-33(4-2)18(35)14-15(39-17(32-14)16(34)31-7-19(36)8-38-9-19)10-5-6-11(13(24)12(10)23)20(37,21(25,26)27)22(28,29)30/h5-6,36-37H,3-4,7-9H2,1-2H3,(H,31,34). The minimum atomic E-state index is -6.21. The summed E-state index contributed by atoms with van der Waals surface area (Å²) in [5.74, 6) is -1.52. The molecule has 0 unspecified atom stereocenters. The maximum atomic E-state index is 13.4. The monoisotopic (exact) mass is 623 g/mol. The summed E-state index contributed by atoms with van der Waals surface area (Å²) in [6.45, 7) is 3.45. The van der Waals surface area contributed by atoms with Gasteiger partial charge < -0.3 is 25.2 Å². The molecule has 1 aliphatic heterocycles. The van der Waals surface area contributed by atoms with E-state index in [0.717, 1.165) is 0 Å². The van der Waals surface area contributed by atoms with E-state index >= 15 is 0 Å². The molecule has 0 aliphatic carbocycles. The number of hydrogen-bond donors (Lipinski definition) is 3. The van der Waals surface area contributed by atoms with E-state index in [2.05, 4.69) is 10.3 Å². The summed E-state index contributed by atoms with van der Waals surface area (Å²) in [6.07, 6.45) is -12.4. The van der Waals surface area contributed by atoms with Gasteiger partial charge in [0, 0.05) is 24.2 Å². The van der Waals surface area contributed by atoms with Crippen molar-refractivity contribution in [2.24, 2.45) is 0 Å². The smallest absolute Gasteiger partial charge is 0.383 e. The molecule has 0 atom stereocenters. The first kappa shape index (κ1) is 31.4. The van der Waals surface area contributed by atoms with Crippen LogP contribution in [0.25, 0.3) is 10.4 Å². The fourth-order valence-electron chi connectivity index (χ4n) is 3.64. The van der Waals surface area contributed by atoms with Crippen molar-refractivity contribution >= 4 is 46.4 Å². The molecule has 2 aromatic rings. The summed E-state index contributed by atoms with van der Waals surface area (Å²) >= 11 is 12.6. The van der Waals surface area contributed by atoms with Crippen LogP contribution in [-0.2, 0) is 10.3 Å².